The molecule has 0 spiro atoms. The van der Waals surface area contributed by atoms with Gasteiger partial charge in [0.15, 0.2) is 5.78 Å². The minimum absolute atomic E-state index is 0.0269. The molecule has 1 N–H and O–H groups in total. The number of aromatic nitrogens is 1. The van der Waals surface area contributed by atoms with Gasteiger partial charge in [0.2, 0.25) is 0 Å². The molecule has 0 unspecified atom stereocenters. The van der Waals surface area contributed by atoms with E-state index < -0.39 is 5.97 Å². The molecule has 0 bridgehead atoms. The highest BCUT2D eigenvalue weighted by Crippen LogP contribution is 2.17. The van der Waals surface area contributed by atoms with E-state index in [1.807, 2.05) is 24.6 Å². The molecule has 0 aliphatic carbocycles. The number of aryl methyl sites for hydroxylation is 2. The molecular formula is C11H15NO3. The molecule has 0 saturated carbocycles. The number of hydrogen-bond donors (Lipinski definition) is 1. The second-order valence-electron chi connectivity index (χ2n) is 3.67. The Balaban J connectivity index is 2.96. The molecule has 0 amide bonds. The molecule has 82 valence electrons. The molecule has 0 aliphatic heterocycles. The fourth-order valence-corrected chi connectivity index (χ4v) is 1.80. The third-order valence-corrected chi connectivity index (χ3v) is 2.46. The van der Waals surface area contributed by atoms with Gasteiger partial charge >= 0.3 is 5.97 Å². The van der Waals surface area contributed by atoms with Crippen LogP contribution in [0.5, 0.6) is 0 Å². The number of rotatable bonds is 4. The average molecular weight is 209 g/mol. The van der Waals surface area contributed by atoms with Crippen LogP contribution in [0.15, 0.2) is 6.20 Å². The molecule has 4 nitrogen and oxygen atoms in total. The number of carboxylic acids is 1. The highest BCUT2D eigenvalue weighted by Gasteiger charge is 2.13. The first kappa shape index (κ1) is 11.5. The Morgan fingerprint density at radius 1 is 1.40 bits per heavy atom. The zero-order valence-corrected chi connectivity index (χ0v) is 9.20. The summed E-state index contributed by atoms with van der Waals surface area (Å²) in [6.07, 6.45) is 1.90. The fourth-order valence-electron chi connectivity index (χ4n) is 1.80. The van der Waals surface area contributed by atoms with E-state index in [1.165, 1.54) is 6.92 Å². The van der Waals surface area contributed by atoms with Crippen LogP contribution in [0, 0.1) is 13.8 Å². The maximum absolute atomic E-state index is 11.3. The molecule has 0 fully saturated rings. The van der Waals surface area contributed by atoms with Crippen molar-refractivity contribution in [2.45, 2.75) is 33.7 Å². The van der Waals surface area contributed by atoms with Crippen LogP contribution in [-0.2, 0) is 11.3 Å². The second kappa shape index (κ2) is 4.29. The zero-order chi connectivity index (χ0) is 11.6. The summed E-state index contributed by atoms with van der Waals surface area (Å²) in [5.74, 6) is -0.802. The molecular weight excluding hydrogens is 194 g/mol. The number of hydrogen-bond acceptors (Lipinski definition) is 2. The quantitative estimate of drug-likeness (QED) is 0.769. The molecule has 1 rings (SSSR count). The van der Waals surface area contributed by atoms with E-state index in [9.17, 15) is 9.59 Å². The zero-order valence-electron chi connectivity index (χ0n) is 9.20. The van der Waals surface area contributed by atoms with Crippen molar-refractivity contribution in [2.24, 2.45) is 0 Å². The van der Waals surface area contributed by atoms with E-state index in [0.29, 0.717) is 12.1 Å². The monoisotopic (exact) mass is 209 g/mol. The Bertz CT molecular complexity index is 404. The smallest absolute Gasteiger partial charge is 0.305 e. The minimum Gasteiger partial charge on any atom is -0.481 e. The third kappa shape index (κ3) is 2.46. The predicted molar refractivity (Wildman–Crippen MR) is 56.2 cm³/mol. The van der Waals surface area contributed by atoms with Gasteiger partial charge in [-0.2, -0.15) is 0 Å². The molecule has 0 aliphatic rings. The molecule has 1 heterocycles. The lowest BCUT2D eigenvalue weighted by atomic mass is 10.1. The molecule has 0 atom stereocenters. The highest BCUT2D eigenvalue weighted by atomic mass is 16.4. The summed E-state index contributed by atoms with van der Waals surface area (Å²) in [5.41, 5.74) is 2.46. The number of nitrogens with zero attached hydrogens (tertiary/aromatic N) is 1. The molecule has 4 heteroatoms. The van der Waals surface area contributed by atoms with E-state index in [2.05, 4.69) is 0 Å². The first-order valence-electron chi connectivity index (χ1n) is 4.82. The van der Waals surface area contributed by atoms with Crippen LogP contribution in [0.2, 0.25) is 0 Å². The molecule has 1 aromatic heterocycles. The highest BCUT2D eigenvalue weighted by molar-refractivity contribution is 5.96. The van der Waals surface area contributed by atoms with Gasteiger partial charge in [0.05, 0.1) is 6.42 Å². The van der Waals surface area contributed by atoms with Crippen molar-refractivity contribution in [1.82, 2.24) is 4.57 Å². The standard InChI is InChI=1S/C11H15NO3/c1-7-6-12(5-4-10(14)15)8(2)11(7)9(3)13/h6H,4-5H2,1-3H3,(H,14,15). The number of ketones is 1. The van der Waals surface area contributed by atoms with Crippen LogP contribution in [-0.4, -0.2) is 21.4 Å². The molecule has 0 saturated heterocycles. The second-order valence-corrected chi connectivity index (χ2v) is 3.67. The van der Waals surface area contributed by atoms with Crippen molar-refractivity contribution in [1.29, 1.82) is 0 Å². The minimum atomic E-state index is -0.829. The lowest BCUT2D eigenvalue weighted by Gasteiger charge is -2.04. The van der Waals surface area contributed by atoms with Gasteiger partial charge in [0, 0.05) is 24.0 Å². The van der Waals surface area contributed by atoms with Crippen LogP contribution in [0.1, 0.15) is 35.0 Å². The lowest BCUT2D eigenvalue weighted by Crippen LogP contribution is -2.06. The van der Waals surface area contributed by atoms with Crippen molar-refractivity contribution >= 4 is 11.8 Å². The van der Waals surface area contributed by atoms with Crippen LogP contribution in [0.25, 0.3) is 0 Å². The van der Waals surface area contributed by atoms with Crippen LogP contribution < -0.4 is 0 Å². The Morgan fingerprint density at radius 2 is 2.00 bits per heavy atom. The third-order valence-electron chi connectivity index (χ3n) is 2.46. The van der Waals surface area contributed by atoms with Gasteiger partial charge in [-0.1, -0.05) is 0 Å². The Labute approximate surface area is 88.5 Å². The first-order valence-corrected chi connectivity index (χ1v) is 4.82. The molecule has 0 aromatic carbocycles. The van der Waals surface area contributed by atoms with Crippen LogP contribution in [0.3, 0.4) is 0 Å². The Morgan fingerprint density at radius 3 is 2.40 bits per heavy atom. The molecule has 1 aromatic rings. The van der Waals surface area contributed by atoms with E-state index in [-0.39, 0.29) is 12.2 Å². The van der Waals surface area contributed by atoms with Gasteiger partial charge in [0.1, 0.15) is 0 Å². The first-order chi connectivity index (χ1) is 6.93. The summed E-state index contributed by atoms with van der Waals surface area (Å²) in [4.78, 5) is 21.7. The van der Waals surface area contributed by atoms with Gasteiger partial charge in [-0.25, -0.2) is 0 Å². The number of carbonyl (C=O) groups is 2. The van der Waals surface area contributed by atoms with Crippen molar-refractivity contribution in [2.75, 3.05) is 0 Å². The van der Waals surface area contributed by atoms with E-state index in [4.69, 9.17) is 5.11 Å². The normalized spacial score (nSPS) is 10.3. The maximum atomic E-state index is 11.3. The summed E-state index contributed by atoms with van der Waals surface area (Å²) in [7, 11) is 0. The summed E-state index contributed by atoms with van der Waals surface area (Å²) in [6.45, 7) is 5.64. The molecule has 0 radical (unpaired) electrons. The number of carbonyl (C=O) groups excluding carboxylic acids is 1. The SMILES string of the molecule is CC(=O)c1c(C)cn(CCC(=O)O)c1C. The topological polar surface area (TPSA) is 59.3 Å². The number of aliphatic carboxylic acids is 1. The molecule has 15 heavy (non-hydrogen) atoms. The number of Topliss-reactive ketones (excluding diaryl/α,β-unsaturated/α-hetero) is 1. The van der Waals surface area contributed by atoms with Gasteiger partial charge in [0.25, 0.3) is 0 Å². The van der Waals surface area contributed by atoms with Crippen molar-refractivity contribution in [3.8, 4) is 0 Å². The van der Waals surface area contributed by atoms with Gasteiger partial charge in [-0.3, -0.25) is 9.59 Å². The van der Waals surface area contributed by atoms with E-state index in [1.54, 1.807) is 0 Å². The summed E-state index contributed by atoms with van der Waals surface area (Å²) < 4.78 is 1.82. The van der Waals surface area contributed by atoms with Crippen LogP contribution in [0.4, 0.5) is 0 Å². The fraction of sp³-hybridized carbons (Fsp3) is 0.455. The van der Waals surface area contributed by atoms with Crippen molar-refractivity contribution in [3.63, 3.8) is 0 Å². The van der Waals surface area contributed by atoms with Gasteiger partial charge in [-0.15, -0.1) is 0 Å². The average Bonchev–Trinajstić information content (AvgIpc) is 2.37. The van der Waals surface area contributed by atoms with Gasteiger partial charge < -0.3 is 9.67 Å². The summed E-state index contributed by atoms with van der Waals surface area (Å²) in [5, 5.41) is 8.57. The predicted octanol–water partition coefficient (Wildman–Crippen LogP) is 1.78. The maximum Gasteiger partial charge on any atom is 0.305 e. The Kier molecular flexibility index (Phi) is 3.29. The van der Waals surface area contributed by atoms with Crippen molar-refractivity contribution < 1.29 is 14.7 Å². The Hall–Kier alpha value is -1.58. The van der Waals surface area contributed by atoms with E-state index in [0.717, 1.165) is 11.3 Å². The largest absolute Gasteiger partial charge is 0.481 e. The van der Waals surface area contributed by atoms with E-state index >= 15 is 0 Å². The number of carboxylic acid groups (broad SMARTS) is 1. The summed E-state index contributed by atoms with van der Waals surface area (Å²) >= 11 is 0. The van der Waals surface area contributed by atoms with Crippen molar-refractivity contribution in [3.05, 3.63) is 23.0 Å². The summed E-state index contributed by atoms with van der Waals surface area (Å²) in [6, 6.07) is 0. The van der Waals surface area contributed by atoms with Gasteiger partial charge in [-0.05, 0) is 26.3 Å². The lowest BCUT2D eigenvalue weighted by molar-refractivity contribution is -0.137. The van der Waals surface area contributed by atoms with Crippen LogP contribution >= 0.6 is 0 Å².